The molecule has 0 aliphatic rings. The van der Waals surface area contributed by atoms with E-state index in [1.807, 2.05) is 13.0 Å². The average Bonchev–Trinajstić information content (AvgIpc) is 2.37. The van der Waals surface area contributed by atoms with Gasteiger partial charge in [-0.05, 0) is 30.7 Å². The maximum Gasteiger partial charge on any atom is 0.333 e. The molecule has 0 N–H and O–H groups in total. The minimum Gasteiger partial charge on any atom is -0.488 e. The lowest BCUT2D eigenvalue weighted by molar-refractivity contribution is -0.136. The SMILES string of the molecule is CCC(=CCOc1cc(Br)ccc1Cl)C(=O)OC. The van der Waals surface area contributed by atoms with Gasteiger partial charge in [-0.2, -0.15) is 0 Å². The van der Waals surface area contributed by atoms with Crippen LogP contribution in [-0.2, 0) is 9.53 Å². The van der Waals surface area contributed by atoms with Crippen molar-refractivity contribution in [3.8, 4) is 5.75 Å². The van der Waals surface area contributed by atoms with Crippen molar-refractivity contribution in [3.05, 3.63) is 39.3 Å². The summed E-state index contributed by atoms with van der Waals surface area (Å²) in [6.45, 7) is 2.16. The molecule has 0 fully saturated rings. The third-order valence-corrected chi connectivity index (χ3v) is 3.10. The van der Waals surface area contributed by atoms with Gasteiger partial charge in [-0.25, -0.2) is 4.79 Å². The molecule has 98 valence electrons. The zero-order valence-electron chi connectivity index (χ0n) is 10.2. The number of methoxy groups -OCH3 is 1. The van der Waals surface area contributed by atoms with Gasteiger partial charge >= 0.3 is 5.97 Å². The van der Waals surface area contributed by atoms with Crippen LogP contribution in [0.3, 0.4) is 0 Å². The van der Waals surface area contributed by atoms with Crippen molar-refractivity contribution >= 4 is 33.5 Å². The smallest absolute Gasteiger partial charge is 0.333 e. The number of rotatable bonds is 5. The summed E-state index contributed by atoms with van der Waals surface area (Å²) in [4.78, 5) is 11.3. The number of hydrogen-bond donors (Lipinski definition) is 0. The van der Waals surface area contributed by atoms with E-state index in [4.69, 9.17) is 16.3 Å². The highest BCUT2D eigenvalue weighted by Gasteiger charge is 2.07. The lowest BCUT2D eigenvalue weighted by Crippen LogP contribution is -2.06. The van der Waals surface area contributed by atoms with E-state index in [0.717, 1.165) is 4.47 Å². The Morgan fingerprint density at radius 3 is 2.83 bits per heavy atom. The van der Waals surface area contributed by atoms with Gasteiger partial charge in [0.2, 0.25) is 0 Å². The van der Waals surface area contributed by atoms with Gasteiger partial charge in [0.25, 0.3) is 0 Å². The summed E-state index contributed by atoms with van der Waals surface area (Å²) in [5, 5.41) is 0.530. The summed E-state index contributed by atoms with van der Waals surface area (Å²) in [5.74, 6) is 0.240. The third-order valence-electron chi connectivity index (χ3n) is 2.29. The maximum atomic E-state index is 11.3. The fourth-order valence-electron chi connectivity index (χ4n) is 1.32. The number of carbonyl (C=O) groups is 1. The van der Waals surface area contributed by atoms with Gasteiger partial charge in [-0.3, -0.25) is 0 Å². The second kappa shape index (κ2) is 7.44. The largest absolute Gasteiger partial charge is 0.488 e. The van der Waals surface area contributed by atoms with E-state index in [1.54, 1.807) is 18.2 Å². The molecular formula is C13H14BrClO3. The first kappa shape index (κ1) is 15.1. The molecule has 0 unspecified atom stereocenters. The second-order valence-corrected chi connectivity index (χ2v) is 4.78. The van der Waals surface area contributed by atoms with Crippen LogP contribution in [0.2, 0.25) is 5.02 Å². The van der Waals surface area contributed by atoms with Crippen molar-refractivity contribution in [1.29, 1.82) is 0 Å². The predicted molar refractivity (Wildman–Crippen MR) is 75.0 cm³/mol. The molecule has 0 aliphatic carbocycles. The van der Waals surface area contributed by atoms with Crippen molar-refractivity contribution in [2.75, 3.05) is 13.7 Å². The Bertz CT molecular complexity index is 458. The van der Waals surface area contributed by atoms with E-state index in [-0.39, 0.29) is 12.6 Å². The Balaban J connectivity index is 2.67. The van der Waals surface area contributed by atoms with Crippen molar-refractivity contribution in [2.45, 2.75) is 13.3 Å². The number of esters is 1. The number of carbonyl (C=O) groups excluding carboxylic acids is 1. The predicted octanol–water partition coefficient (Wildman–Crippen LogP) is 3.99. The molecule has 0 spiro atoms. The van der Waals surface area contributed by atoms with Gasteiger partial charge in [-0.1, -0.05) is 34.5 Å². The molecule has 0 aromatic heterocycles. The number of ether oxygens (including phenoxy) is 2. The molecule has 5 heteroatoms. The minimum absolute atomic E-state index is 0.272. The van der Waals surface area contributed by atoms with Crippen molar-refractivity contribution < 1.29 is 14.3 Å². The maximum absolute atomic E-state index is 11.3. The lowest BCUT2D eigenvalue weighted by Gasteiger charge is -2.07. The summed E-state index contributed by atoms with van der Waals surface area (Å²) in [6.07, 6.45) is 2.30. The van der Waals surface area contributed by atoms with Gasteiger partial charge in [-0.15, -0.1) is 0 Å². The fraction of sp³-hybridized carbons (Fsp3) is 0.308. The first-order valence-electron chi connectivity index (χ1n) is 5.43. The van der Waals surface area contributed by atoms with Crippen LogP contribution < -0.4 is 4.74 Å². The van der Waals surface area contributed by atoms with E-state index in [2.05, 4.69) is 20.7 Å². The molecule has 0 radical (unpaired) electrons. The zero-order chi connectivity index (χ0) is 13.5. The summed E-state index contributed by atoms with van der Waals surface area (Å²) in [5.41, 5.74) is 0.587. The lowest BCUT2D eigenvalue weighted by atomic mass is 10.2. The summed E-state index contributed by atoms with van der Waals surface area (Å²) in [6, 6.07) is 5.35. The molecule has 18 heavy (non-hydrogen) atoms. The van der Waals surface area contributed by atoms with Crippen molar-refractivity contribution in [1.82, 2.24) is 0 Å². The van der Waals surface area contributed by atoms with Crippen molar-refractivity contribution in [3.63, 3.8) is 0 Å². The Morgan fingerprint density at radius 2 is 2.22 bits per heavy atom. The number of halogens is 2. The number of benzene rings is 1. The van der Waals surface area contributed by atoms with Crippen LogP contribution in [0.1, 0.15) is 13.3 Å². The summed E-state index contributed by atoms with van der Waals surface area (Å²) < 4.78 is 11.0. The summed E-state index contributed by atoms with van der Waals surface area (Å²) >= 11 is 9.31. The molecule has 0 heterocycles. The van der Waals surface area contributed by atoms with Gasteiger partial charge in [0.05, 0.1) is 12.1 Å². The minimum atomic E-state index is -0.332. The molecule has 0 bridgehead atoms. The first-order chi connectivity index (χ1) is 8.58. The molecule has 0 amide bonds. The molecule has 0 atom stereocenters. The van der Waals surface area contributed by atoms with E-state index in [0.29, 0.717) is 22.8 Å². The number of hydrogen-bond acceptors (Lipinski definition) is 3. The normalized spacial score (nSPS) is 11.2. The molecular weight excluding hydrogens is 319 g/mol. The third kappa shape index (κ3) is 4.35. The highest BCUT2D eigenvalue weighted by molar-refractivity contribution is 9.10. The monoisotopic (exact) mass is 332 g/mol. The van der Waals surface area contributed by atoms with Crippen molar-refractivity contribution in [2.24, 2.45) is 0 Å². The topological polar surface area (TPSA) is 35.5 Å². The fourth-order valence-corrected chi connectivity index (χ4v) is 1.84. The summed E-state index contributed by atoms with van der Waals surface area (Å²) in [7, 11) is 1.36. The Labute approximate surface area is 120 Å². The molecule has 3 nitrogen and oxygen atoms in total. The van der Waals surface area contributed by atoms with Crippen LogP contribution >= 0.6 is 27.5 Å². The van der Waals surface area contributed by atoms with Crippen LogP contribution in [0, 0.1) is 0 Å². The second-order valence-electron chi connectivity index (χ2n) is 3.46. The van der Waals surface area contributed by atoms with Gasteiger partial charge in [0.15, 0.2) is 0 Å². The molecule has 1 aromatic carbocycles. The Morgan fingerprint density at radius 1 is 1.50 bits per heavy atom. The molecule has 1 aromatic rings. The van der Waals surface area contributed by atoms with Gasteiger partial charge in [0.1, 0.15) is 12.4 Å². The Hall–Kier alpha value is -1.00. The van der Waals surface area contributed by atoms with Crippen LogP contribution in [0.4, 0.5) is 0 Å². The van der Waals surface area contributed by atoms with E-state index >= 15 is 0 Å². The standard InChI is InChI=1S/C13H14BrClO3/c1-3-9(13(16)17-2)6-7-18-12-8-10(14)4-5-11(12)15/h4-6,8H,3,7H2,1-2H3. The van der Waals surface area contributed by atoms with Gasteiger partial charge in [0, 0.05) is 10.0 Å². The highest BCUT2D eigenvalue weighted by atomic mass is 79.9. The van der Waals surface area contributed by atoms with Crippen LogP contribution in [-0.4, -0.2) is 19.7 Å². The zero-order valence-corrected chi connectivity index (χ0v) is 12.5. The van der Waals surface area contributed by atoms with Crippen LogP contribution in [0.25, 0.3) is 0 Å². The van der Waals surface area contributed by atoms with Crippen LogP contribution in [0.5, 0.6) is 5.75 Å². The van der Waals surface area contributed by atoms with Gasteiger partial charge < -0.3 is 9.47 Å². The van der Waals surface area contributed by atoms with E-state index in [1.165, 1.54) is 7.11 Å². The molecule has 1 rings (SSSR count). The molecule has 0 saturated carbocycles. The average molecular weight is 334 g/mol. The first-order valence-corrected chi connectivity index (χ1v) is 6.60. The Kier molecular flexibility index (Phi) is 6.22. The van der Waals surface area contributed by atoms with Crippen LogP contribution in [0.15, 0.2) is 34.3 Å². The quantitative estimate of drug-likeness (QED) is 0.604. The highest BCUT2D eigenvalue weighted by Crippen LogP contribution is 2.27. The van der Waals surface area contributed by atoms with E-state index < -0.39 is 0 Å². The molecule has 0 saturated heterocycles. The van der Waals surface area contributed by atoms with E-state index in [9.17, 15) is 4.79 Å². The molecule has 0 aliphatic heterocycles.